The maximum atomic E-state index is 13.0. The Morgan fingerprint density at radius 2 is 1.76 bits per heavy atom. The largest absolute Gasteiger partial charge is 0.493 e. The molecule has 0 spiro atoms. The highest BCUT2D eigenvalue weighted by molar-refractivity contribution is 5.96. The van der Waals surface area contributed by atoms with Gasteiger partial charge in [0.2, 0.25) is 0 Å². The van der Waals surface area contributed by atoms with E-state index in [1.165, 1.54) is 25.9 Å². The van der Waals surface area contributed by atoms with Crippen molar-refractivity contribution >= 4 is 28.3 Å². The van der Waals surface area contributed by atoms with Gasteiger partial charge in [-0.05, 0) is 76.5 Å². The average Bonchev–Trinajstić information content (AvgIpc) is 3.53. The first-order chi connectivity index (χ1) is 20.4. The Balaban J connectivity index is 1.24. The molecule has 5 rings (SSSR count). The molecular formula is C32H43N5O5. The van der Waals surface area contributed by atoms with Gasteiger partial charge in [-0.25, -0.2) is 4.79 Å². The van der Waals surface area contributed by atoms with E-state index in [1.807, 2.05) is 55.1 Å². The number of nitrogens with zero attached hydrogens (tertiary/aromatic N) is 4. The lowest BCUT2D eigenvalue weighted by atomic mass is 10.1. The number of methoxy groups -OCH3 is 1. The van der Waals surface area contributed by atoms with E-state index in [2.05, 4.69) is 20.1 Å². The van der Waals surface area contributed by atoms with E-state index in [1.54, 1.807) is 13.3 Å². The molecule has 226 valence electrons. The van der Waals surface area contributed by atoms with Crippen molar-refractivity contribution in [3.05, 3.63) is 48.2 Å². The number of aliphatic hydroxyl groups is 1. The molecule has 2 aromatic carbocycles. The minimum atomic E-state index is -0.137. The summed E-state index contributed by atoms with van der Waals surface area (Å²) in [5, 5.41) is 14.1. The monoisotopic (exact) mass is 577 g/mol. The molecule has 3 aromatic rings. The van der Waals surface area contributed by atoms with Crippen molar-refractivity contribution in [3.8, 4) is 17.2 Å². The Morgan fingerprint density at radius 1 is 1.02 bits per heavy atom. The number of carbonyl (C=O) groups is 1. The summed E-state index contributed by atoms with van der Waals surface area (Å²) >= 11 is 0. The van der Waals surface area contributed by atoms with E-state index in [0.29, 0.717) is 44.3 Å². The fourth-order valence-corrected chi connectivity index (χ4v) is 5.69. The molecule has 2 aliphatic heterocycles. The van der Waals surface area contributed by atoms with E-state index in [4.69, 9.17) is 14.2 Å². The summed E-state index contributed by atoms with van der Waals surface area (Å²) in [6, 6.07) is 11.2. The van der Waals surface area contributed by atoms with Crippen molar-refractivity contribution in [2.45, 2.75) is 45.8 Å². The summed E-state index contributed by atoms with van der Waals surface area (Å²) < 4.78 is 17.5. The van der Waals surface area contributed by atoms with Crippen molar-refractivity contribution < 1.29 is 24.1 Å². The Hall–Kier alpha value is -3.76. The van der Waals surface area contributed by atoms with Crippen molar-refractivity contribution in [2.24, 2.45) is 0 Å². The second-order valence-electron chi connectivity index (χ2n) is 11.2. The molecule has 2 amide bonds. The van der Waals surface area contributed by atoms with Gasteiger partial charge in [0.15, 0.2) is 11.5 Å². The molecule has 0 bridgehead atoms. The summed E-state index contributed by atoms with van der Waals surface area (Å²) in [4.78, 5) is 24.1. The zero-order chi connectivity index (χ0) is 29.5. The normalized spacial score (nSPS) is 15.8. The van der Waals surface area contributed by atoms with Crippen LogP contribution in [0.25, 0.3) is 10.9 Å². The van der Waals surface area contributed by atoms with Crippen LogP contribution >= 0.6 is 0 Å². The zero-order valence-electron chi connectivity index (χ0n) is 25.0. The quantitative estimate of drug-likeness (QED) is 0.315. The zero-order valence-corrected chi connectivity index (χ0v) is 25.0. The summed E-state index contributed by atoms with van der Waals surface area (Å²) in [5.74, 6) is 2.09. The van der Waals surface area contributed by atoms with Crippen LogP contribution in [0.3, 0.4) is 0 Å². The Bertz CT molecular complexity index is 1340. The highest BCUT2D eigenvalue weighted by atomic mass is 16.5. The third-order valence-electron chi connectivity index (χ3n) is 7.81. The lowest BCUT2D eigenvalue weighted by Crippen LogP contribution is -2.50. The number of ether oxygens (including phenoxy) is 3. The van der Waals surface area contributed by atoms with Crippen LogP contribution in [0.15, 0.2) is 42.6 Å². The van der Waals surface area contributed by atoms with Gasteiger partial charge in [0.1, 0.15) is 5.75 Å². The van der Waals surface area contributed by atoms with Gasteiger partial charge < -0.3 is 39.3 Å². The molecule has 2 fully saturated rings. The minimum Gasteiger partial charge on any atom is -0.493 e. The first-order valence-electron chi connectivity index (χ1n) is 15.0. The first-order valence-corrected chi connectivity index (χ1v) is 15.0. The molecule has 0 radical (unpaired) electrons. The molecule has 2 saturated heterocycles. The molecule has 3 heterocycles. The Labute approximate surface area is 248 Å². The van der Waals surface area contributed by atoms with Gasteiger partial charge in [-0.3, -0.25) is 4.98 Å². The topological polar surface area (TPSA) is 99.6 Å². The van der Waals surface area contributed by atoms with Gasteiger partial charge in [-0.1, -0.05) is 0 Å². The van der Waals surface area contributed by atoms with E-state index < -0.39 is 0 Å². The van der Waals surface area contributed by atoms with Crippen LogP contribution in [-0.4, -0.2) is 91.6 Å². The summed E-state index contributed by atoms with van der Waals surface area (Å²) in [7, 11) is 1.64. The van der Waals surface area contributed by atoms with Gasteiger partial charge in [-0.15, -0.1) is 0 Å². The number of hydrogen-bond donors (Lipinski definition) is 2. The molecule has 1 aromatic heterocycles. The maximum absolute atomic E-state index is 13.0. The number of pyridine rings is 1. The Morgan fingerprint density at radius 3 is 2.43 bits per heavy atom. The van der Waals surface area contributed by atoms with E-state index in [9.17, 15) is 9.90 Å². The van der Waals surface area contributed by atoms with Crippen molar-refractivity contribution in [1.82, 2.24) is 14.8 Å². The van der Waals surface area contributed by atoms with Crippen molar-refractivity contribution in [3.63, 3.8) is 0 Å². The van der Waals surface area contributed by atoms with Crippen LogP contribution in [0, 0.1) is 0 Å². The molecule has 10 nitrogen and oxygen atoms in total. The number of urea groups is 1. The van der Waals surface area contributed by atoms with Gasteiger partial charge in [-0.2, -0.15) is 0 Å². The number of aliphatic hydroxyl groups excluding tert-OH is 1. The lowest BCUT2D eigenvalue weighted by molar-refractivity contribution is 0.208. The van der Waals surface area contributed by atoms with Crippen LogP contribution < -0.4 is 24.4 Å². The number of nitrogens with one attached hydrogen (secondary N) is 1. The first kappa shape index (κ1) is 29.7. The fraction of sp³-hybridized carbons (Fsp3) is 0.500. The fourth-order valence-electron chi connectivity index (χ4n) is 5.69. The number of carbonyl (C=O) groups excluding carboxylic acids is 1. The second kappa shape index (κ2) is 13.9. The third-order valence-corrected chi connectivity index (χ3v) is 7.81. The summed E-state index contributed by atoms with van der Waals surface area (Å²) in [6.07, 6.45) is 5.35. The molecule has 2 aliphatic rings. The molecule has 0 aliphatic carbocycles. The van der Waals surface area contributed by atoms with Gasteiger partial charge in [0.25, 0.3) is 0 Å². The van der Waals surface area contributed by atoms with Crippen LogP contribution in [0.1, 0.15) is 38.7 Å². The standard InChI is InChI=1S/C32H43N5O5/c1-23(2)42-26-9-7-25(8-10-26)34-32(39)37-16-14-36(15-17-37)31-24(22-38)21-33-28-20-30(29(40-3)19-27(28)31)41-18-6-13-35-11-4-5-12-35/h7-10,19-21,23,38H,4-6,11-18,22H2,1-3H3,(H,34,39). The number of rotatable bonds is 11. The molecule has 10 heteroatoms. The molecule has 42 heavy (non-hydrogen) atoms. The number of anilines is 2. The number of benzene rings is 2. The van der Waals surface area contributed by atoms with Gasteiger partial charge in [0.05, 0.1) is 37.6 Å². The lowest BCUT2D eigenvalue weighted by Gasteiger charge is -2.37. The van der Waals surface area contributed by atoms with Crippen molar-refractivity contribution in [2.75, 3.05) is 69.7 Å². The average molecular weight is 578 g/mol. The highest BCUT2D eigenvalue weighted by Crippen LogP contribution is 2.38. The van der Waals surface area contributed by atoms with E-state index >= 15 is 0 Å². The van der Waals surface area contributed by atoms with Crippen LogP contribution in [0.5, 0.6) is 17.2 Å². The van der Waals surface area contributed by atoms with Crippen LogP contribution in [0.4, 0.5) is 16.2 Å². The summed E-state index contributed by atoms with van der Waals surface area (Å²) in [5.41, 5.74) is 3.16. The third kappa shape index (κ3) is 7.17. The number of amides is 2. The SMILES string of the molecule is COc1cc2c(N3CCN(C(=O)Nc4ccc(OC(C)C)cc4)CC3)c(CO)cnc2cc1OCCCN1CCCC1. The Kier molecular flexibility index (Phi) is 9.86. The van der Waals surface area contributed by atoms with E-state index in [0.717, 1.165) is 46.6 Å². The minimum absolute atomic E-state index is 0.0940. The maximum Gasteiger partial charge on any atom is 0.321 e. The molecule has 0 saturated carbocycles. The molecule has 0 unspecified atom stereocenters. The molecule has 0 atom stereocenters. The predicted octanol–water partition coefficient (Wildman–Crippen LogP) is 4.74. The number of piperazine rings is 1. The van der Waals surface area contributed by atoms with Gasteiger partial charge in [0, 0.05) is 61.6 Å². The highest BCUT2D eigenvalue weighted by Gasteiger charge is 2.25. The van der Waals surface area contributed by atoms with E-state index in [-0.39, 0.29) is 18.7 Å². The molecule has 2 N–H and O–H groups in total. The second-order valence-corrected chi connectivity index (χ2v) is 11.2. The van der Waals surface area contributed by atoms with Crippen molar-refractivity contribution in [1.29, 1.82) is 0 Å². The smallest absolute Gasteiger partial charge is 0.321 e. The summed E-state index contributed by atoms with van der Waals surface area (Å²) in [6.45, 7) is 10.2. The predicted molar refractivity (Wildman–Crippen MR) is 165 cm³/mol. The number of hydrogen-bond acceptors (Lipinski definition) is 8. The number of likely N-dealkylation sites (tertiary alicyclic amines) is 1. The van der Waals surface area contributed by atoms with Crippen LogP contribution in [0.2, 0.25) is 0 Å². The molecular weight excluding hydrogens is 534 g/mol. The van der Waals surface area contributed by atoms with Crippen LogP contribution in [-0.2, 0) is 6.61 Å². The van der Waals surface area contributed by atoms with Gasteiger partial charge >= 0.3 is 6.03 Å². The number of fused-ring (bicyclic) bond motifs is 1. The number of aromatic nitrogens is 1.